The second-order valence-corrected chi connectivity index (χ2v) is 6.01. The number of nitrogens with zero attached hydrogens (tertiary/aromatic N) is 1. The number of unbranched alkanes of at least 4 members (excludes halogenated alkanes) is 1. The third-order valence-electron chi connectivity index (χ3n) is 3.24. The Labute approximate surface area is 139 Å². The van der Waals surface area contributed by atoms with Crippen molar-refractivity contribution in [2.45, 2.75) is 32.9 Å². The highest BCUT2D eigenvalue weighted by Gasteiger charge is 2.02. The summed E-state index contributed by atoms with van der Waals surface area (Å²) in [7, 11) is 1.72. The van der Waals surface area contributed by atoms with Crippen molar-refractivity contribution in [2.75, 3.05) is 32.2 Å². The minimum absolute atomic E-state index is 0.629. The number of hydrogen-bond acceptors (Lipinski definition) is 3. The largest absolute Gasteiger partial charge is 0.380 e. The van der Waals surface area contributed by atoms with E-state index in [2.05, 4.69) is 40.9 Å². The fraction of sp³-hybridized carbons (Fsp3) is 0.588. The van der Waals surface area contributed by atoms with E-state index in [-0.39, 0.29) is 0 Å². The van der Waals surface area contributed by atoms with Crippen LogP contribution in [-0.4, -0.2) is 38.2 Å². The highest BCUT2D eigenvalue weighted by atomic mass is 32.2. The molecule has 124 valence electrons. The van der Waals surface area contributed by atoms with Crippen LogP contribution in [0.15, 0.2) is 29.3 Å². The molecule has 0 aliphatic rings. The molecule has 0 saturated carbocycles. The van der Waals surface area contributed by atoms with Crippen LogP contribution in [-0.2, 0) is 17.9 Å². The minimum Gasteiger partial charge on any atom is -0.380 e. The van der Waals surface area contributed by atoms with Gasteiger partial charge in [0.05, 0.1) is 13.2 Å². The molecule has 5 heteroatoms. The molecule has 0 aliphatic carbocycles. The zero-order valence-electron chi connectivity index (χ0n) is 14.0. The van der Waals surface area contributed by atoms with Gasteiger partial charge in [-0.2, -0.15) is 11.8 Å². The van der Waals surface area contributed by atoms with Gasteiger partial charge in [0.15, 0.2) is 5.96 Å². The van der Waals surface area contributed by atoms with Crippen LogP contribution in [0.3, 0.4) is 0 Å². The maximum absolute atomic E-state index is 5.24. The fourth-order valence-corrected chi connectivity index (χ4v) is 2.59. The van der Waals surface area contributed by atoms with Crippen molar-refractivity contribution in [1.82, 2.24) is 10.6 Å². The number of hydrogen-bond donors (Lipinski definition) is 2. The Morgan fingerprint density at radius 2 is 1.95 bits per heavy atom. The molecule has 0 atom stereocenters. The van der Waals surface area contributed by atoms with E-state index in [0.29, 0.717) is 13.2 Å². The summed E-state index contributed by atoms with van der Waals surface area (Å²) in [6, 6.07) is 8.29. The molecule has 1 aromatic carbocycles. The van der Waals surface area contributed by atoms with Crippen LogP contribution in [0.1, 0.15) is 30.9 Å². The monoisotopic (exact) mass is 323 g/mol. The van der Waals surface area contributed by atoms with Gasteiger partial charge in [-0.05, 0) is 42.9 Å². The van der Waals surface area contributed by atoms with Crippen molar-refractivity contribution < 1.29 is 4.74 Å². The van der Waals surface area contributed by atoms with Crippen LogP contribution in [0.4, 0.5) is 0 Å². The van der Waals surface area contributed by atoms with Crippen LogP contribution in [0.25, 0.3) is 0 Å². The summed E-state index contributed by atoms with van der Waals surface area (Å²) in [6.07, 6.45) is 4.56. The molecule has 4 nitrogen and oxygen atoms in total. The van der Waals surface area contributed by atoms with Gasteiger partial charge in [0, 0.05) is 20.2 Å². The lowest BCUT2D eigenvalue weighted by Crippen LogP contribution is -2.37. The topological polar surface area (TPSA) is 45.7 Å². The summed E-state index contributed by atoms with van der Waals surface area (Å²) in [5.74, 6) is 2.11. The number of ether oxygens (including phenoxy) is 1. The second-order valence-electron chi connectivity index (χ2n) is 5.02. The van der Waals surface area contributed by atoms with Gasteiger partial charge < -0.3 is 15.4 Å². The Morgan fingerprint density at radius 3 is 2.64 bits per heavy atom. The maximum Gasteiger partial charge on any atom is 0.191 e. The van der Waals surface area contributed by atoms with Crippen molar-refractivity contribution in [3.8, 4) is 0 Å². The predicted octanol–water partition coefficient (Wildman–Crippen LogP) is 3.03. The summed E-state index contributed by atoms with van der Waals surface area (Å²) in [5.41, 5.74) is 2.41. The molecular formula is C17H29N3OS. The standard InChI is InChI=1S/C17H29N3OS/c1-4-18-17(19-11-7-8-12-22-3)20-13-15-9-5-6-10-16(15)14-21-2/h5-6,9-10H,4,7-8,11-14H2,1-3H3,(H2,18,19,20). The number of benzene rings is 1. The molecule has 1 aromatic rings. The first kappa shape index (κ1) is 18.8. The number of methoxy groups -OCH3 is 1. The van der Waals surface area contributed by atoms with Gasteiger partial charge in [-0.15, -0.1) is 0 Å². The van der Waals surface area contributed by atoms with Crippen LogP contribution in [0.5, 0.6) is 0 Å². The molecule has 0 saturated heterocycles. The summed E-state index contributed by atoms with van der Waals surface area (Å²) in [5, 5.41) is 6.70. The number of aliphatic imine (C=N–C) groups is 1. The van der Waals surface area contributed by atoms with Gasteiger partial charge in [-0.1, -0.05) is 24.3 Å². The lowest BCUT2D eigenvalue weighted by atomic mass is 10.1. The van der Waals surface area contributed by atoms with Crippen molar-refractivity contribution >= 4 is 17.7 Å². The van der Waals surface area contributed by atoms with Gasteiger partial charge in [-0.3, -0.25) is 0 Å². The smallest absolute Gasteiger partial charge is 0.191 e. The van der Waals surface area contributed by atoms with E-state index in [1.165, 1.54) is 29.7 Å². The van der Waals surface area contributed by atoms with Gasteiger partial charge in [-0.25, -0.2) is 4.99 Å². The maximum atomic E-state index is 5.24. The first-order valence-corrected chi connectivity index (χ1v) is 9.28. The van der Waals surface area contributed by atoms with Crippen LogP contribution in [0, 0.1) is 0 Å². The van der Waals surface area contributed by atoms with E-state index in [1.54, 1.807) is 7.11 Å². The van der Waals surface area contributed by atoms with Gasteiger partial charge in [0.25, 0.3) is 0 Å². The molecule has 22 heavy (non-hydrogen) atoms. The zero-order valence-corrected chi connectivity index (χ0v) is 14.8. The lowest BCUT2D eigenvalue weighted by Gasteiger charge is -2.12. The van der Waals surface area contributed by atoms with E-state index in [9.17, 15) is 0 Å². The average Bonchev–Trinajstić information content (AvgIpc) is 2.54. The Bertz CT molecular complexity index is 438. The highest BCUT2D eigenvalue weighted by Crippen LogP contribution is 2.11. The molecule has 0 spiro atoms. The molecular weight excluding hydrogens is 294 g/mol. The number of rotatable bonds is 10. The van der Waals surface area contributed by atoms with E-state index in [1.807, 2.05) is 23.9 Å². The van der Waals surface area contributed by atoms with Crippen LogP contribution < -0.4 is 10.6 Å². The molecule has 2 N–H and O–H groups in total. The first-order chi connectivity index (χ1) is 10.8. The number of thioether (sulfide) groups is 1. The first-order valence-electron chi connectivity index (χ1n) is 7.88. The summed E-state index contributed by atoms with van der Waals surface area (Å²) in [4.78, 5) is 4.68. The third kappa shape index (κ3) is 7.71. The molecule has 0 fully saturated rings. The van der Waals surface area contributed by atoms with Crippen molar-refractivity contribution in [3.05, 3.63) is 35.4 Å². The highest BCUT2D eigenvalue weighted by molar-refractivity contribution is 7.98. The molecule has 0 radical (unpaired) electrons. The minimum atomic E-state index is 0.629. The van der Waals surface area contributed by atoms with E-state index < -0.39 is 0 Å². The average molecular weight is 324 g/mol. The molecule has 1 rings (SSSR count). The molecule has 0 aliphatic heterocycles. The number of nitrogens with one attached hydrogen (secondary N) is 2. The molecule has 0 amide bonds. The van der Waals surface area contributed by atoms with E-state index >= 15 is 0 Å². The predicted molar refractivity (Wildman–Crippen MR) is 97.6 cm³/mol. The lowest BCUT2D eigenvalue weighted by molar-refractivity contribution is 0.184. The quantitative estimate of drug-likeness (QED) is 0.395. The molecule has 0 bridgehead atoms. The summed E-state index contributed by atoms with van der Waals surface area (Å²) in [6.45, 7) is 5.22. The van der Waals surface area contributed by atoms with Crippen molar-refractivity contribution in [2.24, 2.45) is 4.99 Å². The SMILES string of the molecule is CCNC(=NCc1ccccc1COC)NCCCCSC. The number of guanidine groups is 1. The Kier molecular flexibility index (Phi) is 10.6. The fourth-order valence-electron chi connectivity index (χ4n) is 2.09. The molecule has 0 heterocycles. The second kappa shape index (κ2) is 12.4. The molecule has 0 aromatic heterocycles. The Morgan fingerprint density at radius 1 is 1.18 bits per heavy atom. The summed E-state index contributed by atoms with van der Waals surface area (Å²) >= 11 is 1.90. The van der Waals surface area contributed by atoms with E-state index in [4.69, 9.17) is 4.74 Å². The normalized spacial score (nSPS) is 11.5. The van der Waals surface area contributed by atoms with Crippen LogP contribution >= 0.6 is 11.8 Å². The van der Waals surface area contributed by atoms with Gasteiger partial charge in [0.2, 0.25) is 0 Å². The van der Waals surface area contributed by atoms with Gasteiger partial charge in [0.1, 0.15) is 0 Å². The van der Waals surface area contributed by atoms with Crippen molar-refractivity contribution in [3.63, 3.8) is 0 Å². The Hall–Kier alpha value is -1.20. The van der Waals surface area contributed by atoms with Crippen LogP contribution in [0.2, 0.25) is 0 Å². The van der Waals surface area contributed by atoms with E-state index in [0.717, 1.165) is 19.0 Å². The molecule has 0 unspecified atom stereocenters. The van der Waals surface area contributed by atoms with Crippen molar-refractivity contribution in [1.29, 1.82) is 0 Å². The third-order valence-corrected chi connectivity index (χ3v) is 3.93. The Balaban J connectivity index is 2.54. The zero-order chi connectivity index (χ0) is 16.0. The van der Waals surface area contributed by atoms with Gasteiger partial charge >= 0.3 is 0 Å². The summed E-state index contributed by atoms with van der Waals surface area (Å²) < 4.78 is 5.24.